The van der Waals surface area contributed by atoms with E-state index < -0.39 is 0 Å². The molecular weight excluding hydrogens is 180 g/mol. The molecule has 1 rings (SSSR count). The maximum Gasteiger partial charge on any atom is 0.305 e. The normalized spacial score (nSPS) is 28.3. The van der Waals surface area contributed by atoms with E-state index in [1.807, 2.05) is 0 Å². The summed E-state index contributed by atoms with van der Waals surface area (Å²) in [6, 6.07) is 0. The Kier molecular flexibility index (Phi) is 2.98. The smallest absolute Gasteiger partial charge is 0.305 e. The Balaban J connectivity index is 2.48. The molecule has 0 aliphatic heterocycles. The molecule has 14 heavy (non-hydrogen) atoms. The lowest BCUT2D eigenvalue weighted by atomic mass is 10.1. The maximum absolute atomic E-state index is 11.1. The summed E-state index contributed by atoms with van der Waals surface area (Å²) in [4.78, 5) is 22.0. The molecule has 2 atom stereocenters. The molecule has 0 aromatic heterocycles. The molecule has 3 heteroatoms. The number of hydrogen-bond acceptors (Lipinski definition) is 3. The van der Waals surface area contributed by atoms with Gasteiger partial charge in [-0.25, -0.2) is 0 Å². The predicted octanol–water partition coefficient (Wildman–Crippen LogP) is 1.80. The van der Waals surface area contributed by atoms with Gasteiger partial charge in [0.1, 0.15) is 5.78 Å². The number of ether oxygens (including phenoxy) is 1. The van der Waals surface area contributed by atoms with E-state index >= 15 is 0 Å². The van der Waals surface area contributed by atoms with Crippen LogP contribution in [0.3, 0.4) is 0 Å². The number of esters is 1. The summed E-state index contributed by atoms with van der Waals surface area (Å²) in [5.41, 5.74) is 0.125. The Morgan fingerprint density at radius 2 is 1.71 bits per heavy atom. The highest BCUT2D eigenvalue weighted by atomic mass is 16.5. The van der Waals surface area contributed by atoms with E-state index in [0.29, 0.717) is 24.7 Å². The van der Waals surface area contributed by atoms with Crippen LogP contribution in [0.1, 0.15) is 33.6 Å². The van der Waals surface area contributed by atoms with Crippen molar-refractivity contribution in [3.63, 3.8) is 0 Å². The van der Waals surface area contributed by atoms with Gasteiger partial charge in [-0.05, 0) is 24.2 Å². The van der Waals surface area contributed by atoms with Crippen molar-refractivity contribution in [1.82, 2.24) is 0 Å². The number of hydrogen-bond donors (Lipinski definition) is 0. The fraction of sp³-hybridized carbons (Fsp3) is 0.818. The molecule has 1 fully saturated rings. The summed E-state index contributed by atoms with van der Waals surface area (Å²) >= 11 is 0. The van der Waals surface area contributed by atoms with Crippen molar-refractivity contribution in [3.8, 4) is 0 Å². The number of carbonyl (C=O) groups excluding carboxylic acids is 2. The monoisotopic (exact) mass is 198 g/mol. The van der Waals surface area contributed by atoms with Crippen molar-refractivity contribution < 1.29 is 14.3 Å². The van der Waals surface area contributed by atoms with Crippen LogP contribution in [0.25, 0.3) is 0 Å². The summed E-state index contributed by atoms with van der Waals surface area (Å²) in [5.74, 6) is 0.711. The lowest BCUT2D eigenvalue weighted by Gasteiger charge is -2.00. The summed E-state index contributed by atoms with van der Waals surface area (Å²) in [6.07, 6.45) is 1.04. The van der Waals surface area contributed by atoms with Gasteiger partial charge in [0.25, 0.3) is 0 Å². The summed E-state index contributed by atoms with van der Waals surface area (Å²) in [7, 11) is 1.40. The number of ketones is 1. The van der Waals surface area contributed by atoms with Crippen LogP contribution in [0.5, 0.6) is 0 Å². The first-order valence-corrected chi connectivity index (χ1v) is 4.95. The highest BCUT2D eigenvalue weighted by Crippen LogP contribution is 2.61. The van der Waals surface area contributed by atoms with Gasteiger partial charge in [0, 0.05) is 12.8 Å². The van der Waals surface area contributed by atoms with Crippen molar-refractivity contribution in [2.24, 2.45) is 17.3 Å². The molecule has 0 heterocycles. The zero-order valence-corrected chi connectivity index (χ0v) is 9.29. The van der Waals surface area contributed by atoms with Crippen molar-refractivity contribution in [1.29, 1.82) is 0 Å². The summed E-state index contributed by atoms with van der Waals surface area (Å²) < 4.78 is 4.62. The average molecular weight is 198 g/mol. The Hall–Kier alpha value is -0.860. The molecule has 1 aliphatic carbocycles. The minimum absolute atomic E-state index is 0.125. The van der Waals surface area contributed by atoms with Crippen molar-refractivity contribution in [3.05, 3.63) is 0 Å². The summed E-state index contributed by atoms with van der Waals surface area (Å²) in [6.45, 7) is 5.81. The van der Waals surface area contributed by atoms with Gasteiger partial charge in [0.2, 0.25) is 0 Å². The van der Waals surface area contributed by atoms with Gasteiger partial charge < -0.3 is 9.53 Å². The number of methoxy groups -OCH3 is 1. The SMILES string of the molecule is COC(=O)CC1C(CC(C)=O)C1(C)C. The van der Waals surface area contributed by atoms with Crippen LogP contribution in [0, 0.1) is 17.3 Å². The van der Waals surface area contributed by atoms with Crippen LogP contribution >= 0.6 is 0 Å². The zero-order valence-electron chi connectivity index (χ0n) is 9.29. The zero-order chi connectivity index (χ0) is 10.9. The quantitative estimate of drug-likeness (QED) is 0.647. The Bertz CT molecular complexity index is 255. The minimum atomic E-state index is -0.172. The van der Waals surface area contributed by atoms with Crippen LogP contribution in [0.4, 0.5) is 0 Å². The second-order valence-corrected chi connectivity index (χ2v) is 4.72. The fourth-order valence-electron chi connectivity index (χ4n) is 2.24. The number of rotatable bonds is 4. The highest BCUT2D eigenvalue weighted by Gasteiger charge is 2.57. The molecule has 0 bridgehead atoms. The molecule has 0 N–H and O–H groups in total. The Labute approximate surface area is 84.8 Å². The van der Waals surface area contributed by atoms with E-state index in [1.165, 1.54) is 7.11 Å². The van der Waals surface area contributed by atoms with Gasteiger partial charge in [-0.2, -0.15) is 0 Å². The first-order valence-electron chi connectivity index (χ1n) is 4.95. The third-order valence-electron chi connectivity index (χ3n) is 3.41. The molecule has 0 spiro atoms. The fourth-order valence-corrected chi connectivity index (χ4v) is 2.24. The van der Waals surface area contributed by atoms with Crippen LogP contribution in [0.15, 0.2) is 0 Å². The topological polar surface area (TPSA) is 43.4 Å². The van der Waals surface area contributed by atoms with E-state index in [1.54, 1.807) is 6.92 Å². The molecular formula is C11H18O3. The third-order valence-corrected chi connectivity index (χ3v) is 3.41. The molecule has 0 radical (unpaired) electrons. The standard InChI is InChI=1S/C11H18O3/c1-7(12)5-8-9(11(8,2)3)6-10(13)14-4/h8-9H,5-6H2,1-4H3. The van der Waals surface area contributed by atoms with E-state index in [2.05, 4.69) is 18.6 Å². The van der Waals surface area contributed by atoms with Gasteiger partial charge >= 0.3 is 5.97 Å². The predicted molar refractivity (Wildman–Crippen MR) is 52.7 cm³/mol. The largest absolute Gasteiger partial charge is 0.469 e. The first kappa shape index (κ1) is 11.2. The van der Waals surface area contributed by atoms with Crippen LogP contribution < -0.4 is 0 Å². The highest BCUT2D eigenvalue weighted by molar-refractivity contribution is 5.77. The Morgan fingerprint density at radius 3 is 2.14 bits per heavy atom. The van der Waals surface area contributed by atoms with E-state index in [0.717, 1.165) is 0 Å². The maximum atomic E-state index is 11.1. The van der Waals surface area contributed by atoms with Gasteiger partial charge in [-0.1, -0.05) is 13.8 Å². The number of carbonyl (C=O) groups is 2. The van der Waals surface area contributed by atoms with Crippen molar-refractivity contribution >= 4 is 11.8 Å². The molecule has 3 nitrogen and oxygen atoms in total. The Morgan fingerprint density at radius 1 is 1.21 bits per heavy atom. The molecule has 0 amide bonds. The van der Waals surface area contributed by atoms with Gasteiger partial charge in [0.05, 0.1) is 7.11 Å². The third kappa shape index (κ3) is 2.14. The van der Waals surface area contributed by atoms with E-state index in [4.69, 9.17) is 0 Å². The molecule has 2 unspecified atom stereocenters. The molecule has 0 aromatic rings. The second-order valence-electron chi connectivity index (χ2n) is 4.72. The van der Waals surface area contributed by atoms with Gasteiger partial charge in [-0.3, -0.25) is 4.79 Å². The van der Waals surface area contributed by atoms with E-state index in [9.17, 15) is 9.59 Å². The van der Waals surface area contributed by atoms with Gasteiger partial charge in [0.15, 0.2) is 0 Å². The summed E-state index contributed by atoms with van der Waals surface area (Å²) in [5, 5.41) is 0. The average Bonchev–Trinajstić information content (AvgIpc) is 2.55. The molecule has 80 valence electrons. The number of Topliss-reactive ketones (excluding diaryl/α,β-unsaturated/α-hetero) is 1. The molecule has 1 saturated carbocycles. The minimum Gasteiger partial charge on any atom is -0.469 e. The van der Waals surface area contributed by atoms with E-state index in [-0.39, 0.29) is 17.2 Å². The lowest BCUT2D eigenvalue weighted by molar-refractivity contribution is -0.141. The lowest BCUT2D eigenvalue weighted by Crippen LogP contribution is -2.03. The molecule has 0 saturated heterocycles. The second kappa shape index (κ2) is 3.71. The molecule has 1 aliphatic rings. The van der Waals surface area contributed by atoms with Crippen molar-refractivity contribution in [2.45, 2.75) is 33.6 Å². The van der Waals surface area contributed by atoms with Gasteiger partial charge in [-0.15, -0.1) is 0 Å². The molecule has 0 aromatic carbocycles. The van der Waals surface area contributed by atoms with Crippen LogP contribution in [0.2, 0.25) is 0 Å². The van der Waals surface area contributed by atoms with Crippen molar-refractivity contribution in [2.75, 3.05) is 7.11 Å². The van der Waals surface area contributed by atoms with Crippen LogP contribution in [-0.4, -0.2) is 18.9 Å². The first-order chi connectivity index (χ1) is 6.39. The van der Waals surface area contributed by atoms with Crippen LogP contribution in [-0.2, 0) is 14.3 Å².